The van der Waals surface area contributed by atoms with E-state index >= 15 is 4.39 Å². The van der Waals surface area contributed by atoms with Crippen LogP contribution < -0.4 is 15.8 Å². The van der Waals surface area contributed by atoms with Gasteiger partial charge in [0, 0.05) is 27.8 Å². The molecule has 2 fully saturated rings. The van der Waals surface area contributed by atoms with Crippen molar-refractivity contribution >= 4 is 74.8 Å². The first-order chi connectivity index (χ1) is 22.9. The lowest BCUT2D eigenvalue weighted by Gasteiger charge is -2.27. The second-order valence-electron chi connectivity index (χ2n) is 11.4. The first-order valence-corrected chi connectivity index (χ1v) is 17.9. The molecule has 1 aliphatic heterocycles. The van der Waals surface area contributed by atoms with Crippen molar-refractivity contribution in [3.63, 3.8) is 0 Å². The van der Waals surface area contributed by atoms with Gasteiger partial charge in [0.1, 0.15) is 17.3 Å². The zero-order valence-corrected chi connectivity index (χ0v) is 28.5. The summed E-state index contributed by atoms with van der Waals surface area (Å²) in [6.07, 6.45) is 1.09. The summed E-state index contributed by atoms with van der Waals surface area (Å²) in [6, 6.07) is 7.90. The molecule has 0 radical (unpaired) electrons. The predicted octanol–water partition coefficient (Wildman–Crippen LogP) is 4.77. The summed E-state index contributed by atoms with van der Waals surface area (Å²) in [4.78, 5) is 57.4. The number of halogens is 2. The number of piperidine rings is 1. The summed E-state index contributed by atoms with van der Waals surface area (Å²) in [7, 11) is -3.82. The predicted molar refractivity (Wildman–Crippen MR) is 177 cm³/mol. The molecule has 1 saturated heterocycles. The molecule has 2 aromatic heterocycles. The van der Waals surface area contributed by atoms with Crippen LogP contribution in [-0.4, -0.2) is 68.5 Å². The van der Waals surface area contributed by atoms with Gasteiger partial charge < -0.3 is 25.0 Å². The normalized spacial score (nSPS) is 18.6. The number of Topliss-reactive ketones (excluding diaryl/α,β-unsaturated/α-hetero) is 1. The van der Waals surface area contributed by atoms with Gasteiger partial charge in [-0.1, -0.05) is 23.7 Å². The largest absolute Gasteiger partial charge is 0.389 e. The van der Waals surface area contributed by atoms with E-state index in [0.29, 0.717) is 24.0 Å². The maximum Gasteiger partial charge on any atom is 0.389 e. The van der Waals surface area contributed by atoms with Crippen LogP contribution in [0.3, 0.4) is 0 Å². The third-order valence-corrected chi connectivity index (χ3v) is 12.1. The highest BCUT2D eigenvalue weighted by Crippen LogP contribution is 2.50. The second kappa shape index (κ2) is 13.1. The molecule has 13 nitrogen and oxygen atoms in total. The minimum absolute atomic E-state index is 0.0125. The molecule has 1 saturated carbocycles. The average molecular weight is 717 g/mol. The molecule has 3 N–H and O–H groups in total. The van der Waals surface area contributed by atoms with Crippen LogP contribution in [-0.2, 0) is 29.7 Å². The molecule has 17 heteroatoms. The Balaban J connectivity index is 1.26. The number of aromatic nitrogens is 3. The highest BCUT2D eigenvalue weighted by atomic mass is 35.5. The van der Waals surface area contributed by atoms with E-state index in [0.717, 1.165) is 11.3 Å². The van der Waals surface area contributed by atoms with Crippen molar-refractivity contribution in [2.75, 3.05) is 18.5 Å². The van der Waals surface area contributed by atoms with Gasteiger partial charge in [-0.15, -0.1) is 11.3 Å². The maximum absolute atomic E-state index is 15.8. The van der Waals surface area contributed by atoms with Crippen LogP contribution in [0.15, 0.2) is 36.4 Å². The van der Waals surface area contributed by atoms with Gasteiger partial charge >= 0.3 is 7.60 Å². The van der Waals surface area contributed by atoms with Gasteiger partial charge in [-0.2, -0.15) is 5.10 Å². The molecule has 252 valence electrons. The standard InChI is InChI=1S/C31H31ClFN6O7PS/c1-4-45-47(44,46-5-2)31-36-29-27(48-31)26(28(34)42)37-38(29)14-24(41)39-22-12-17(22)13-23(39)30(43)35-21-8-6-7-18(25(21)33)19-11-16(15(3)40)9-10-20(19)32/h6-11,17,22-23H,4-5,12-14H2,1-3H3,(H2,34,42)(H,35,43)/t17-,22-,23+/m1/s1. The number of nitrogens with one attached hydrogen (secondary N) is 1. The van der Waals surface area contributed by atoms with E-state index in [1.807, 2.05) is 0 Å². The smallest absolute Gasteiger partial charge is 0.364 e. The minimum atomic E-state index is -3.82. The van der Waals surface area contributed by atoms with Gasteiger partial charge in [0.05, 0.1) is 18.9 Å². The molecule has 4 aromatic rings. The molecular formula is C31H31ClFN6O7PS. The summed E-state index contributed by atoms with van der Waals surface area (Å²) in [5.41, 5.74) is 6.12. The van der Waals surface area contributed by atoms with Gasteiger partial charge in [-0.25, -0.2) is 14.1 Å². The van der Waals surface area contributed by atoms with Crippen LogP contribution in [0.2, 0.25) is 5.02 Å². The molecule has 48 heavy (non-hydrogen) atoms. The van der Waals surface area contributed by atoms with Crippen LogP contribution in [0.5, 0.6) is 0 Å². The summed E-state index contributed by atoms with van der Waals surface area (Å²) < 4.78 is 41.4. The van der Waals surface area contributed by atoms with Crippen LogP contribution >= 0.6 is 30.5 Å². The van der Waals surface area contributed by atoms with Crippen molar-refractivity contribution < 1.29 is 37.2 Å². The Hall–Kier alpha value is -4.01. The number of rotatable bonds is 12. The quantitative estimate of drug-likeness (QED) is 0.154. The topological polar surface area (TPSA) is 176 Å². The van der Waals surface area contributed by atoms with Gasteiger partial charge in [0.25, 0.3) is 5.91 Å². The number of anilines is 1. The van der Waals surface area contributed by atoms with Crippen molar-refractivity contribution in [3.8, 4) is 11.1 Å². The average Bonchev–Trinajstić information content (AvgIpc) is 3.33. The Morgan fingerprint density at radius 2 is 1.85 bits per heavy atom. The Bertz CT molecular complexity index is 2030. The van der Waals surface area contributed by atoms with Crippen LogP contribution in [0.25, 0.3) is 21.5 Å². The fourth-order valence-electron chi connectivity index (χ4n) is 5.98. The number of carbonyl (C=O) groups excluding carboxylic acids is 4. The fraction of sp³-hybridized carbons (Fsp3) is 0.355. The van der Waals surface area contributed by atoms with Crippen molar-refractivity contribution in [1.29, 1.82) is 0 Å². The van der Waals surface area contributed by atoms with E-state index in [4.69, 9.17) is 26.4 Å². The number of primary amides is 1. The highest BCUT2D eigenvalue weighted by molar-refractivity contribution is 7.69. The molecule has 0 bridgehead atoms. The number of thiazole rings is 1. The first-order valence-electron chi connectivity index (χ1n) is 15.1. The minimum Gasteiger partial charge on any atom is -0.364 e. The van der Waals surface area contributed by atoms with Gasteiger partial charge in [-0.05, 0) is 63.8 Å². The van der Waals surface area contributed by atoms with Gasteiger partial charge in [0.2, 0.25) is 16.6 Å². The number of nitrogens with zero attached hydrogens (tertiary/aromatic N) is 4. The Morgan fingerprint density at radius 1 is 1.12 bits per heavy atom. The summed E-state index contributed by atoms with van der Waals surface area (Å²) in [5, 5.41) is 7.08. The molecule has 3 heterocycles. The Kier molecular flexibility index (Phi) is 9.26. The molecule has 0 unspecified atom stereocenters. The zero-order chi connectivity index (χ0) is 34.5. The maximum atomic E-state index is 15.8. The zero-order valence-electron chi connectivity index (χ0n) is 26.1. The van der Waals surface area contributed by atoms with E-state index in [9.17, 15) is 23.7 Å². The number of carbonyl (C=O) groups is 4. The van der Waals surface area contributed by atoms with Crippen molar-refractivity contribution in [2.45, 2.75) is 52.2 Å². The molecule has 2 aliphatic rings. The first kappa shape index (κ1) is 33.9. The third-order valence-electron chi connectivity index (χ3n) is 8.24. The highest BCUT2D eigenvalue weighted by Gasteiger charge is 2.56. The number of benzene rings is 2. The summed E-state index contributed by atoms with van der Waals surface area (Å²) in [5.74, 6) is -2.79. The number of ketones is 1. The molecular weight excluding hydrogens is 686 g/mol. The number of amides is 3. The monoisotopic (exact) mass is 716 g/mol. The lowest BCUT2D eigenvalue weighted by molar-refractivity contribution is -0.138. The number of hydrogen-bond donors (Lipinski definition) is 2. The lowest BCUT2D eigenvalue weighted by atomic mass is 10.00. The van der Waals surface area contributed by atoms with E-state index in [2.05, 4.69) is 15.4 Å². The fourth-order valence-corrected chi connectivity index (χ4v) is 9.23. The molecule has 1 aliphatic carbocycles. The van der Waals surface area contributed by atoms with Crippen LogP contribution in [0.4, 0.5) is 10.1 Å². The molecule has 3 atom stereocenters. The van der Waals surface area contributed by atoms with Crippen molar-refractivity contribution in [1.82, 2.24) is 19.7 Å². The van der Waals surface area contributed by atoms with Gasteiger partial charge in [-0.3, -0.25) is 23.7 Å². The van der Waals surface area contributed by atoms with Crippen LogP contribution in [0, 0.1) is 11.7 Å². The van der Waals surface area contributed by atoms with E-state index in [1.54, 1.807) is 26.0 Å². The Morgan fingerprint density at radius 3 is 2.52 bits per heavy atom. The molecule has 3 amide bonds. The number of fused-ring (bicyclic) bond motifs is 2. The SMILES string of the molecule is CCOP(=O)(OCC)c1nc2c(s1)c(C(N)=O)nn2CC(=O)N1[C@@H]2C[C@@H]2C[C@H]1C(=O)Nc1cccc(-c2cc(C(C)=O)ccc2Cl)c1F. The molecule has 6 rings (SSSR count). The number of likely N-dealkylation sites (tertiary alicyclic amines) is 1. The number of hydrogen-bond acceptors (Lipinski definition) is 10. The van der Waals surface area contributed by atoms with Gasteiger partial charge in [0.15, 0.2) is 22.9 Å². The van der Waals surface area contributed by atoms with Crippen LogP contribution in [0.1, 0.15) is 54.5 Å². The third kappa shape index (κ3) is 6.16. The Labute approximate surface area is 283 Å². The van der Waals surface area contributed by atoms with Crippen molar-refractivity contribution in [3.05, 3.63) is 58.5 Å². The molecule has 0 spiro atoms. The second-order valence-corrected chi connectivity index (χ2v) is 15.0. The lowest BCUT2D eigenvalue weighted by Crippen LogP contribution is -2.46. The number of nitrogens with two attached hydrogens (primary N) is 1. The summed E-state index contributed by atoms with van der Waals surface area (Å²) in [6.45, 7) is 4.45. The van der Waals surface area contributed by atoms with E-state index < -0.39 is 43.7 Å². The summed E-state index contributed by atoms with van der Waals surface area (Å²) >= 11 is 7.23. The molecule has 2 aromatic carbocycles. The van der Waals surface area contributed by atoms with E-state index in [1.165, 1.54) is 40.8 Å². The van der Waals surface area contributed by atoms with E-state index in [-0.39, 0.29) is 68.0 Å². The van der Waals surface area contributed by atoms with Crippen molar-refractivity contribution in [2.24, 2.45) is 11.7 Å².